The Morgan fingerprint density at radius 1 is 1.36 bits per heavy atom. The van der Waals surface area contributed by atoms with Crippen LogP contribution in [0.2, 0.25) is 0 Å². The van der Waals surface area contributed by atoms with Crippen LogP contribution >= 0.6 is 0 Å². The van der Waals surface area contributed by atoms with Gasteiger partial charge in [0.1, 0.15) is 6.33 Å². The second kappa shape index (κ2) is 2.02. The van der Waals surface area contributed by atoms with Crippen molar-refractivity contribution in [3.8, 4) is 0 Å². The molecule has 0 aliphatic heterocycles. The van der Waals surface area contributed by atoms with E-state index in [-0.39, 0.29) is 0 Å². The van der Waals surface area contributed by atoms with Gasteiger partial charge in [0, 0.05) is 0 Å². The highest BCUT2D eigenvalue weighted by Gasteiger charge is 1.98. The minimum Gasteiger partial charge on any atom is -0.200 e. The molecule has 0 aliphatic rings. The molecular weight excluding hydrogens is 140 g/mol. The monoisotopic (exact) mass is 148 g/mol. The van der Waals surface area contributed by atoms with Gasteiger partial charge < -0.3 is 0 Å². The predicted octanol–water partition coefficient (Wildman–Crippen LogP) is 0.741. The van der Waals surface area contributed by atoms with E-state index in [2.05, 4.69) is 15.3 Å². The largest absolute Gasteiger partial charge is 0.200 e. The number of hydrogen-bond donors (Lipinski definition) is 0. The summed E-state index contributed by atoms with van der Waals surface area (Å²) in [4.78, 5) is 0. The highest BCUT2D eigenvalue weighted by Crippen LogP contribution is 2.04. The molecule has 2 heterocycles. The summed E-state index contributed by atoms with van der Waals surface area (Å²) in [5.74, 6) is 0. The van der Waals surface area contributed by atoms with Gasteiger partial charge >= 0.3 is 0 Å². The first-order chi connectivity index (χ1) is 5.27. The molecule has 2 aromatic rings. The first kappa shape index (κ1) is 6.27. The summed E-state index contributed by atoms with van der Waals surface area (Å²) in [5, 5.41) is 11.8. The Labute approximate surface area is 63.9 Å². The first-order valence-electron chi connectivity index (χ1n) is 3.41. The van der Waals surface area contributed by atoms with Crippen LogP contribution in [0.4, 0.5) is 0 Å². The zero-order valence-electron chi connectivity index (χ0n) is 6.44. The average molecular weight is 148 g/mol. The second-order valence-corrected chi connectivity index (χ2v) is 2.55. The van der Waals surface area contributed by atoms with Crippen LogP contribution in [-0.2, 0) is 0 Å². The summed E-state index contributed by atoms with van der Waals surface area (Å²) >= 11 is 0. The molecule has 0 N–H and O–H groups in total. The maximum atomic E-state index is 4.23. The van der Waals surface area contributed by atoms with Crippen molar-refractivity contribution in [2.75, 3.05) is 0 Å². The average Bonchev–Trinajstić information content (AvgIpc) is 2.36. The van der Waals surface area contributed by atoms with Crippen molar-refractivity contribution in [3.63, 3.8) is 0 Å². The molecule has 0 aromatic carbocycles. The molecule has 56 valence electrons. The lowest BCUT2D eigenvalue weighted by Crippen LogP contribution is -1.95. The van der Waals surface area contributed by atoms with Crippen molar-refractivity contribution >= 4 is 5.65 Å². The molecule has 0 aliphatic carbocycles. The summed E-state index contributed by atoms with van der Waals surface area (Å²) in [5.41, 5.74) is 2.95. The van der Waals surface area contributed by atoms with E-state index in [1.54, 1.807) is 10.8 Å². The van der Waals surface area contributed by atoms with Crippen molar-refractivity contribution in [1.82, 2.24) is 19.8 Å². The first-order valence-corrected chi connectivity index (χ1v) is 3.41. The van der Waals surface area contributed by atoms with Crippen LogP contribution in [0.25, 0.3) is 5.65 Å². The second-order valence-electron chi connectivity index (χ2n) is 2.55. The Morgan fingerprint density at radius 2 is 2.18 bits per heavy atom. The molecule has 0 spiro atoms. The molecule has 4 nitrogen and oxygen atoms in total. The van der Waals surface area contributed by atoms with Gasteiger partial charge in [-0.15, -0.1) is 10.2 Å². The van der Waals surface area contributed by atoms with Gasteiger partial charge in [-0.25, -0.2) is 4.52 Å². The topological polar surface area (TPSA) is 43.1 Å². The van der Waals surface area contributed by atoms with Gasteiger partial charge in [-0.2, -0.15) is 5.10 Å². The third-order valence-electron chi connectivity index (χ3n) is 1.73. The van der Waals surface area contributed by atoms with Crippen LogP contribution in [0.15, 0.2) is 12.4 Å². The predicted molar refractivity (Wildman–Crippen MR) is 40.3 cm³/mol. The molecule has 0 amide bonds. The number of fused-ring (bicyclic) bond motifs is 1. The van der Waals surface area contributed by atoms with E-state index in [1.807, 2.05) is 19.9 Å². The summed E-state index contributed by atoms with van der Waals surface area (Å²) in [6, 6.07) is 1.97. The van der Waals surface area contributed by atoms with Crippen molar-refractivity contribution < 1.29 is 0 Å². The lowest BCUT2D eigenvalue weighted by Gasteiger charge is -1.97. The molecule has 2 aromatic heterocycles. The third kappa shape index (κ3) is 0.869. The van der Waals surface area contributed by atoms with Gasteiger partial charge in [-0.1, -0.05) is 0 Å². The number of nitrogens with zero attached hydrogens (tertiary/aromatic N) is 4. The highest BCUT2D eigenvalue weighted by atomic mass is 15.3. The maximum absolute atomic E-state index is 4.23. The molecule has 0 atom stereocenters. The van der Waals surface area contributed by atoms with Gasteiger partial charge in [0.2, 0.25) is 0 Å². The van der Waals surface area contributed by atoms with Crippen LogP contribution in [0.1, 0.15) is 11.3 Å². The van der Waals surface area contributed by atoms with Crippen LogP contribution in [0.3, 0.4) is 0 Å². The van der Waals surface area contributed by atoms with E-state index in [9.17, 15) is 0 Å². The van der Waals surface area contributed by atoms with Gasteiger partial charge in [-0.3, -0.25) is 0 Å². The lowest BCUT2D eigenvalue weighted by molar-refractivity contribution is 0.883. The summed E-state index contributed by atoms with van der Waals surface area (Å²) in [6.45, 7) is 3.98. The Morgan fingerprint density at radius 3 is 3.00 bits per heavy atom. The van der Waals surface area contributed by atoms with Gasteiger partial charge in [0.05, 0.1) is 5.69 Å². The molecule has 0 bridgehead atoms. The number of hydrogen-bond acceptors (Lipinski definition) is 3. The number of aromatic nitrogens is 4. The van der Waals surface area contributed by atoms with Crippen LogP contribution in [0.5, 0.6) is 0 Å². The molecule has 0 saturated heterocycles. The third-order valence-corrected chi connectivity index (χ3v) is 1.73. The number of aryl methyl sites for hydroxylation is 2. The Kier molecular flexibility index (Phi) is 1.15. The minimum atomic E-state index is 0.799. The zero-order valence-corrected chi connectivity index (χ0v) is 6.44. The molecule has 0 radical (unpaired) electrons. The fourth-order valence-corrected chi connectivity index (χ4v) is 0.949. The summed E-state index contributed by atoms with van der Waals surface area (Å²) in [7, 11) is 0. The lowest BCUT2D eigenvalue weighted by atomic mass is 10.2. The van der Waals surface area contributed by atoms with E-state index in [4.69, 9.17) is 0 Å². The smallest absolute Gasteiger partial charge is 0.177 e. The fourth-order valence-electron chi connectivity index (χ4n) is 0.949. The van der Waals surface area contributed by atoms with Crippen molar-refractivity contribution in [3.05, 3.63) is 23.7 Å². The van der Waals surface area contributed by atoms with Crippen LogP contribution in [0, 0.1) is 13.8 Å². The Hall–Kier alpha value is -1.45. The van der Waals surface area contributed by atoms with E-state index < -0.39 is 0 Å². The molecule has 4 heteroatoms. The number of rotatable bonds is 0. The standard InChI is InChI=1S/C7H8N4/c1-5-3-7-9-8-4-11(7)10-6(5)2/h3-4H,1-2H3. The summed E-state index contributed by atoms with van der Waals surface area (Å²) in [6.07, 6.45) is 1.60. The fraction of sp³-hybridized carbons (Fsp3) is 0.286. The van der Waals surface area contributed by atoms with E-state index in [1.165, 1.54) is 0 Å². The SMILES string of the molecule is Cc1cc2nncn2nc1C. The van der Waals surface area contributed by atoms with Gasteiger partial charge in [0.25, 0.3) is 0 Å². The molecule has 0 unspecified atom stereocenters. The molecule has 0 fully saturated rings. The van der Waals surface area contributed by atoms with Gasteiger partial charge in [0.15, 0.2) is 5.65 Å². The Bertz CT molecular complexity index is 354. The minimum absolute atomic E-state index is 0.799. The molecular formula is C7H8N4. The van der Waals surface area contributed by atoms with Crippen molar-refractivity contribution in [2.24, 2.45) is 0 Å². The van der Waals surface area contributed by atoms with Gasteiger partial charge in [-0.05, 0) is 25.5 Å². The molecule has 2 rings (SSSR count). The van der Waals surface area contributed by atoms with E-state index in [0.29, 0.717) is 0 Å². The van der Waals surface area contributed by atoms with E-state index in [0.717, 1.165) is 16.9 Å². The van der Waals surface area contributed by atoms with Crippen molar-refractivity contribution in [2.45, 2.75) is 13.8 Å². The quantitative estimate of drug-likeness (QED) is 0.553. The van der Waals surface area contributed by atoms with Crippen molar-refractivity contribution in [1.29, 1.82) is 0 Å². The van der Waals surface area contributed by atoms with Crippen LogP contribution < -0.4 is 0 Å². The normalized spacial score (nSPS) is 10.7. The summed E-state index contributed by atoms with van der Waals surface area (Å²) < 4.78 is 1.67. The Balaban J connectivity index is 2.86. The highest BCUT2D eigenvalue weighted by molar-refractivity contribution is 5.38. The maximum Gasteiger partial charge on any atom is 0.177 e. The molecule has 0 saturated carbocycles. The van der Waals surface area contributed by atoms with E-state index >= 15 is 0 Å². The molecule has 11 heavy (non-hydrogen) atoms. The zero-order chi connectivity index (χ0) is 7.84. The van der Waals surface area contributed by atoms with Crippen LogP contribution in [-0.4, -0.2) is 19.8 Å².